The van der Waals surface area contributed by atoms with Gasteiger partial charge in [-0.25, -0.2) is 4.79 Å². The summed E-state index contributed by atoms with van der Waals surface area (Å²) in [5.74, 6) is -3.28. The van der Waals surface area contributed by atoms with Gasteiger partial charge >= 0.3 is 11.9 Å². The Bertz CT molecular complexity index is 677. The molecule has 0 aliphatic rings. The van der Waals surface area contributed by atoms with Gasteiger partial charge in [-0.15, -0.1) is 0 Å². The molecule has 1 aromatic rings. The molecule has 0 spiro atoms. The van der Waals surface area contributed by atoms with Crippen molar-refractivity contribution in [3.05, 3.63) is 35.9 Å². The number of carbonyl (C=O) groups excluding carboxylic acids is 3. The monoisotopic (exact) mass is 392 g/mol. The van der Waals surface area contributed by atoms with Crippen LogP contribution in [0.2, 0.25) is 0 Å². The maximum atomic E-state index is 12.1. The van der Waals surface area contributed by atoms with E-state index >= 15 is 0 Å². The van der Waals surface area contributed by atoms with Crippen molar-refractivity contribution in [1.29, 1.82) is 0 Å². The molecule has 0 aliphatic carbocycles. The van der Waals surface area contributed by atoms with Crippen LogP contribution in [-0.4, -0.2) is 41.5 Å². The summed E-state index contributed by atoms with van der Waals surface area (Å²) in [6, 6.07) is 7.96. The SMILES string of the molecule is CCOC(=O)C[C@H](C)[C@H](NC(=O)CCC(=O)N[C@H](C)c1ccccc1)C(=O)O. The van der Waals surface area contributed by atoms with Gasteiger partial charge in [-0.1, -0.05) is 37.3 Å². The Labute approximate surface area is 164 Å². The molecule has 8 heteroatoms. The first-order valence-corrected chi connectivity index (χ1v) is 9.26. The second kappa shape index (κ2) is 11.7. The molecular formula is C20H28N2O6. The van der Waals surface area contributed by atoms with Gasteiger partial charge in [0.15, 0.2) is 0 Å². The standard InChI is InChI=1S/C20H28N2O6/c1-4-28-18(25)12-13(2)19(20(26)27)22-17(24)11-10-16(23)21-14(3)15-8-6-5-7-9-15/h5-9,13-14,19H,4,10-12H2,1-3H3,(H,21,23)(H,22,24)(H,26,27)/t13-,14+,19-/m0/s1. The maximum Gasteiger partial charge on any atom is 0.326 e. The summed E-state index contributed by atoms with van der Waals surface area (Å²) in [6.07, 6.45) is -0.342. The van der Waals surface area contributed by atoms with Gasteiger partial charge in [-0.05, 0) is 25.3 Å². The number of ether oxygens (including phenoxy) is 1. The molecule has 154 valence electrons. The summed E-state index contributed by atoms with van der Waals surface area (Å²) in [5.41, 5.74) is 0.944. The molecule has 0 bridgehead atoms. The third kappa shape index (κ3) is 8.20. The van der Waals surface area contributed by atoms with Crippen LogP contribution >= 0.6 is 0 Å². The van der Waals surface area contributed by atoms with Crippen LogP contribution in [0.25, 0.3) is 0 Å². The zero-order valence-corrected chi connectivity index (χ0v) is 16.4. The van der Waals surface area contributed by atoms with E-state index in [0.717, 1.165) is 5.56 Å². The van der Waals surface area contributed by atoms with Crippen LogP contribution in [0.3, 0.4) is 0 Å². The first kappa shape index (κ1) is 23.1. The first-order chi connectivity index (χ1) is 13.2. The van der Waals surface area contributed by atoms with Gasteiger partial charge in [0.1, 0.15) is 6.04 Å². The number of hydrogen-bond acceptors (Lipinski definition) is 5. The fourth-order valence-corrected chi connectivity index (χ4v) is 2.66. The van der Waals surface area contributed by atoms with Crippen molar-refractivity contribution >= 4 is 23.8 Å². The van der Waals surface area contributed by atoms with E-state index in [0.29, 0.717) is 0 Å². The largest absolute Gasteiger partial charge is 0.480 e. The molecule has 0 aromatic heterocycles. The fourth-order valence-electron chi connectivity index (χ4n) is 2.66. The highest BCUT2D eigenvalue weighted by Crippen LogP contribution is 2.12. The second-order valence-corrected chi connectivity index (χ2v) is 6.57. The molecule has 1 aromatic carbocycles. The van der Waals surface area contributed by atoms with Crippen molar-refractivity contribution in [2.24, 2.45) is 5.92 Å². The van der Waals surface area contributed by atoms with Crippen LogP contribution in [0.5, 0.6) is 0 Å². The van der Waals surface area contributed by atoms with E-state index in [1.807, 2.05) is 37.3 Å². The average molecular weight is 392 g/mol. The highest BCUT2D eigenvalue weighted by Gasteiger charge is 2.28. The minimum absolute atomic E-state index is 0.0679. The average Bonchev–Trinajstić information content (AvgIpc) is 2.64. The molecule has 3 N–H and O–H groups in total. The van der Waals surface area contributed by atoms with Gasteiger partial charge in [-0.2, -0.15) is 0 Å². The molecular weight excluding hydrogens is 364 g/mol. The van der Waals surface area contributed by atoms with Gasteiger partial charge < -0.3 is 20.5 Å². The van der Waals surface area contributed by atoms with Crippen molar-refractivity contribution in [2.45, 2.75) is 52.1 Å². The Morgan fingerprint density at radius 2 is 1.57 bits per heavy atom. The zero-order valence-electron chi connectivity index (χ0n) is 16.4. The number of aliphatic carboxylic acids is 1. The number of nitrogens with one attached hydrogen (secondary N) is 2. The topological polar surface area (TPSA) is 122 Å². The van der Waals surface area contributed by atoms with Crippen LogP contribution in [-0.2, 0) is 23.9 Å². The fraction of sp³-hybridized carbons (Fsp3) is 0.500. The van der Waals surface area contributed by atoms with Crippen molar-refractivity contribution in [1.82, 2.24) is 10.6 Å². The lowest BCUT2D eigenvalue weighted by Crippen LogP contribution is -2.46. The minimum atomic E-state index is -1.24. The van der Waals surface area contributed by atoms with Crippen LogP contribution in [0, 0.1) is 5.92 Å². The number of carboxylic acid groups (broad SMARTS) is 1. The summed E-state index contributed by atoms with van der Waals surface area (Å²) < 4.78 is 4.80. The molecule has 0 fully saturated rings. The second-order valence-electron chi connectivity index (χ2n) is 6.57. The van der Waals surface area contributed by atoms with Crippen molar-refractivity contribution in [2.75, 3.05) is 6.61 Å². The number of esters is 1. The highest BCUT2D eigenvalue weighted by atomic mass is 16.5. The zero-order chi connectivity index (χ0) is 21.1. The molecule has 0 aliphatic heterocycles. The number of carboxylic acids is 1. The van der Waals surface area contributed by atoms with E-state index in [2.05, 4.69) is 10.6 Å². The molecule has 3 atom stereocenters. The lowest BCUT2D eigenvalue weighted by atomic mass is 9.98. The molecule has 0 heterocycles. The lowest BCUT2D eigenvalue weighted by molar-refractivity contribution is -0.147. The van der Waals surface area contributed by atoms with Crippen molar-refractivity contribution in [3.63, 3.8) is 0 Å². The lowest BCUT2D eigenvalue weighted by Gasteiger charge is -2.21. The predicted molar refractivity (Wildman–Crippen MR) is 102 cm³/mol. The molecule has 0 radical (unpaired) electrons. The van der Waals surface area contributed by atoms with E-state index in [4.69, 9.17) is 4.74 Å². The summed E-state index contributed by atoms with van der Waals surface area (Å²) in [7, 11) is 0. The highest BCUT2D eigenvalue weighted by molar-refractivity contribution is 5.87. The third-order valence-electron chi connectivity index (χ3n) is 4.20. The van der Waals surface area contributed by atoms with E-state index in [-0.39, 0.29) is 37.8 Å². The molecule has 28 heavy (non-hydrogen) atoms. The Hall–Kier alpha value is -2.90. The number of carbonyl (C=O) groups is 4. The van der Waals surface area contributed by atoms with Gasteiger partial charge in [0, 0.05) is 12.8 Å². The molecule has 2 amide bonds. The molecule has 0 saturated heterocycles. The normalized spacial score (nSPS) is 13.7. The minimum Gasteiger partial charge on any atom is -0.480 e. The first-order valence-electron chi connectivity index (χ1n) is 9.26. The van der Waals surface area contributed by atoms with Crippen LogP contribution in [0.1, 0.15) is 51.6 Å². The molecule has 8 nitrogen and oxygen atoms in total. The summed E-state index contributed by atoms with van der Waals surface area (Å²) in [4.78, 5) is 47.0. The van der Waals surface area contributed by atoms with Gasteiger partial charge in [-0.3, -0.25) is 14.4 Å². The Kier molecular flexibility index (Phi) is 9.70. The van der Waals surface area contributed by atoms with Gasteiger partial charge in [0.05, 0.1) is 19.1 Å². The Morgan fingerprint density at radius 1 is 1.00 bits per heavy atom. The molecule has 0 unspecified atom stereocenters. The number of amides is 2. The van der Waals surface area contributed by atoms with Crippen LogP contribution in [0.4, 0.5) is 0 Å². The van der Waals surface area contributed by atoms with Gasteiger partial charge in [0.25, 0.3) is 0 Å². The number of rotatable bonds is 11. The van der Waals surface area contributed by atoms with Crippen LogP contribution < -0.4 is 10.6 Å². The number of hydrogen-bond donors (Lipinski definition) is 3. The molecule has 1 rings (SSSR count). The third-order valence-corrected chi connectivity index (χ3v) is 4.20. The van der Waals surface area contributed by atoms with E-state index in [1.54, 1.807) is 13.8 Å². The van der Waals surface area contributed by atoms with E-state index < -0.39 is 29.8 Å². The summed E-state index contributed by atoms with van der Waals surface area (Å²) >= 11 is 0. The predicted octanol–water partition coefficient (Wildman–Crippen LogP) is 1.80. The van der Waals surface area contributed by atoms with E-state index in [1.165, 1.54) is 0 Å². The molecule has 0 saturated carbocycles. The van der Waals surface area contributed by atoms with Crippen LogP contribution in [0.15, 0.2) is 30.3 Å². The quantitative estimate of drug-likeness (QED) is 0.494. The smallest absolute Gasteiger partial charge is 0.326 e. The summed E-state index contributed by atoms with van der Waals surface area (Å²) in [5, 5.41) is 14.5. The Morgan fingerprint density at radius 3 is 2.11 bits per heavy atom. The number of benzene rings is 1. The van der Waals surface area contributed by atoms with Gasteiger partial charge in [0.2, 0.25) is 11.8 Å². The summed E-state index contributed by atoms with van der Waals surface area (Å²) in [6.45, 7) is 5.24. The van der Waals surface area contributed by atoms with E-state index in [9.17, 15) is 24.3 Å². The van der Waals surface area contributed by atoms with Crippen molar-refractivity contribution in [3.8, 4) is 0 Å². The maximum absolute atomic E-state index is 12.1. The Balaban J connectivity index is 2.48. The van der Waals surface area contributed by atoms with Crippen molar-refractivity contribution < 1.29 is 29.0 Å².